The Balaban J connectivity index is 1.31. The molecule has 1 N–H and O–H groups in total. The highest BCUT2D eigenvalue weighted by Crippen LogP contribution is 2.35. The van der Waals surface area contributed by atoms with Gasteiger partial charge in [0.2, 0.25) is 11.9 Å². The number of piperazine rings is 1. The number of carbonyl (C=O) groups excluding carboxylic acids is 1. The van der Waals surface area contributed by atoms with Crippen LogP contribution in [0, 0.1) is 5.21 Å². The third kappa shape index (κ3) is 4.65. The maximum Gasteiger partial charge on any atom is 0.224 e. The zero-order valence-corrected chi connectivity index (χ0v) is 20.1. The van der Waals surface area contributed by atoms with Crippen LogP contribution >= 0.6 is 0 Å². The molecule has 3 aliphatic rings. The summed E-state index contributed by atoms with van der Waals surface area (Å²) >= 11 is 0. The van der Waals surface area contributed by atoms with Crippen LogP contribution in [0.25, 0.3) is 0 Å². The number of nitrogens with one attached hydrogen (secondary N) is 1. The van der Waals surface area contributed by atoms with Crippen molar-refractivity contribution in [1.82, 2.24) is 19.9 Å². The van der Waals surface area contributed by atoms with Gasteiger partial charge in [0.25, 0.3) is 0 Å². The maximum absolute atomic E-state index is 14.1. The van der Waals surface area contributed by atoms with E-state index in [0.29, 0.717) is 38.7 Å². The summed E-state index contributed by atoms with van der Waals surface area (Å²) in [4.78, 5) is 31.8. The predicted octanol–water partition coefficient (Wildman–Crippen LogP) is 1.97. The van der Waals surface area contributed by atoms with E-state index in [4.69, 9.17) is 4.98 Å². The van der Waals surface area contributed by atoms with Gasteiger partial charge in [-0.25, -0.2) is 9.97 Å². The number of carbonyl (C=O) groups is 1. The Labute approximate surface area is 200 Å². The lowest BCUT2D eigenvalue weighted by atomic mass is 10.1. The van der Waals surface area contributed by atoms with E-state index in [1.165, 1.54) is 0 Å². The maximum atomic E-state index is 14.1. The molecule has 5 rings (SSSR count). The molecule has 2 aromatic rings. The molecule has 2 aromatic heterocycles. The molecule has 0 aromatic carbocycles. The minimum atomic E-state index is -0.323. The third-order valence-electron chi connectivity index (χ3n) is 7.16. The fourth-order valence-corrected chi connectivity index (χ4v) is 5.47. The molecule has 10 nitrogen and oxygen atoms in total. The van der Waals surface area contributed by atoms with E-state index >= 15 is 0 Å². The minimum absolute atomic E-state index is 0.121. The first kappa shape index (κ1) is 22.8. The smallest absolute Gasteiger partial charge is 0.224 e. The second-order valence-electron chi connectivity index (χ2n) is 9.64. The highest BCUT2D eigenvalue weighted by molar-refractivity contribution is 5.73. The predicted molar refractivity (Wildman–Crippen MR) is 131 cm³/mol. The molecule has 2 saturated heterocycles. The molecule has 1 amide bonds. The van der Waals surface area contributed by atoms with Crippen molar-refractivity contribution in [3.05, 3.63) is 40.9 Å². The van der Waals surface area contributed by atoms with Crippen LogP contribution < -0.4 is 15.1 Å². The zero-order chi connectivity index (χ0) is 23.7. The molecule has 3 aliphatic heterocycles. The Morgan fingerprint density at radius 2 is 2.00 bits per heavy atom. The summed E-state index contributed by atoms with van der Waals surface area (Å²) in [5.74, 6) is 2.57. The number of pyridine rings is 1. The van der Waals surface area contributed by atoms with Crippen LogP contribution in [0.3, 0.4) is 0 Å². The standard InChI is InChI=1S/C24H34N8O2/c1-3-25-24-27-14-20-16-32(34,17-21-5-4-8-31(21)23(20)28-24)15-19-6-7-22(26-13-19)30-11-9-29(10-12-30)18(2)33/h6-7,13-14,21H,3-5,8-12,15-17H2,1-2H3,(H,25,27,28)/t21-,32?/m0/s1. The number of amides is 1. The van der Waals surface area contributed by atoms with Crippen LogP contribution in [0.2, 0.25) is 0 Å². The van der Waals surface area contributed by atoms with Gasteiger partial charge in [0, 0.05) is 64.1 Å². The molecule has 182 valence electrons. The van der Waals surface area contributed by atoms with E-state index in [1.807, 2.05) is 36.4 Å². The van der Waals surface area contributed by atoms with Crippen molar-refractivity contribution in [2.45, 2.75) is 45.8 Å². The summed E-state index contributed by atoms with van der Waals surface area (Å²) in [7, 11) is 0. The van der Waals surface area contributed by atoms with Gasteiger partial charge in [0.15, 0.2) is 0 Å². The van der Waals surface area contributed by atoms with Crippen molar-refractivity contribution < 1.29 is 9.44 Å². The third-order valence-corrected chi connectivity index (χ3v) is 7.16. The SMILES string of the molecule is CCNc1ncc2c(n1)N1CCC[C@H]1C[N+]([O-])(Cc1ccc(N3CCN(C(C)=O)CC3)nc1)C2. The van der Waals surface area contributed by atoms with Gasteiger partial charge >= 0.3 is 0 Å². The highest BCUT2D eigenvalue weighted by atomic mass is 16.5. The van der Waals surface area contributed by atoms with Crippen LogP contribution in [0.5, 0.6) is 0 Å². The van der Waals surface area contributed by atoms with Crippen molar-refractivity contribution in [1.29, 1.82) is 0 Å². The topological polar surface area (TPSA) is 101 Å². The normalized spacial score (nSPS) is 24.4. The largest absolute Gasteiger partial charge is 0.632 e. The molecule has 2 atom stereocenters. The van der Waals surface area contributed by atoms with Gasteiger partial charge in [-0.3, -0.25) is 4.79 Å². The van der Waals surface area contributed by atoms with E-state index in [1.54, 1.807) is 6.92 Å². The van der Waals surface area contributed by atoms with Gasteiger partial charge in [-0.1, -0.05) is 0 Å². The van der Waals surface area contributed by atoms with Crippen molar-refractivity contribution in [2.24, 2.45) is 0 Å². The van der Waals surface area contributed by atoms with Crippen molar-refractivity contribution in [3.8, 4) is 0 Å². The number of rotatable bonds is 5. The zero-order valence-electron chi connectivity index (χ0n) is 20.1. The summed E-state index contributed by atoms with van der Waals surface area (Å²) < 4.78 is -0.323. The Morgan fingerprint density at radius 1 is 1.18 bits per heavy atom. The average molecular weight is 467 g/mol. The van der Waals surface area contributed by atoms with Crippen molar-refractivity contribution in [3.63, 3.8) is 0 Å². The number of aromatic nitrogens is 3. The summed E-state index contributed by atoms with van der Waals surface area (Å²) in [6, 6.07) is 4.23. The molecule has 0 bridgehead atoms. The Bertz CT molecular complexity index is 1020. The first-order valence-electron chi connectivity index (χ1n) is 12.3. The lowest BCUT2D eigenvalue weighted by Gasteiger charge is -2.43. The quantitative estimate of drug-likeness (QED) is 0.527. The van der Waals surface area contributed by atoms with Gasteiger partial charge in [0.1, 0.15) is 24.7 Å². The Kier molecular flexibility index (Phi) is 6.26. The van der Waals surface area contributed by atoms with Crippen LogP contribution in [-0.2, 0) is 17.9 Å². The molecule has 1 unspecified atom stereocenters. The molecule has 0 spiro atoms. The summed E-state index contributed by atoms with van der Waals surface area (Å²) in [5.41, 5.74) is 1.87. The lowest BCUT2D eigenvalue weighted by Crippen LogP contribution is -2.48. The highest BCUT2D eigenvalue weighted by Gasteiger charge is 2.38. The molecular formula is C24H34N8O2. The monoisotopic (exact) mass is 466 g/mol. The summed E-state index contributed by atoms with van der Waals surface area (Å²) in [6.45, 7) is 9.61. The minimum Gasteiger partial charge on any atom is -0.632 e. The van der Waals surface area contributed by atoms with Crippen LogP contribution in [0.1, 0.15) is 37.8 Å². The number of fused-ring (bicyclic) bond motifs is 3. The van der Waals surface area contributed by atoms with E-state index in [0.717, 1.165) is 61.8 Å². The van der Waals surface area contributed by atoms with Crippen molar-refractivity contribution in [2.75, 3.05) is 60.9 Å². The van der Waals surface area contributed by atoms with E-state index in [2.05, 4.69) is 25.1 Å². The van der Waals surface area contributed by atoms with E-state index in [9.17, 15) is 10.0 Å². The Morgan fingerprint density at radius 3 is 2.71 bits per heavy atom. The number of quaternary nitrogens is 1. The van der Waals surface area contributed by atoms with Gasteiger partial charge < -0.3 is 29.9 Å². The summed E-state index contributed by atoms with van der Waals surface area (Å²) in [6.07, 6.45) is 5.77. The van der Waals surface area contributed by atoms with Crippen LogP contribution in [0.15, 0.2) is 24.5 Å². The summed E-state index contributed by atoms with van der Waals surface area (Å²) in [5, 5.41) is 17.3. The molecule has 34 heavy (non-hydrogen) atoms. The lowest BCUT2D eigenvalue weighted by molar-refractivity contribution is -0.907. The first-order valence-corrected chi connectivity index (χ1v) is 12.3. The van der Waals surface area contributed by atoms with Crippen LogP contribution in [-0.4, -0.2) is 82.3 Å². The number of hydrogen-bond acceptors (Lipinski definition) is 8. The van der Waals surface area contributed by atoms with Gasteiger partial charge in [0.05, 0.1) is 18.2 Å². The van der Waals surface area contributed by atoms with Gasteiger partial charge in [-0.15, -0.1) is 0 Å². The van der Waals surface area contributed by atoms with E-state index < -0.39 is 0 Å². The molecule has 0 radical (unpaired) electrons. The number of anilines is 3. The van der Waals surface area contributed by atoms with Crippen molar-refractivity contribution >= 4 is 23.5 Å². The Hall–Kier alpha value is -2.98. The van der Waals surface area contributed by atoms with Gasteiger partial charge in [-0.05, 0) is 31.9 Å². The number of nitrogens with zero attached hydrogens (tertiary/aromatic N) is 7. The molecular weight excluding hydrogens is 432 g/mol. The number of hydroxylamine groups is 3. The number of hydrogen-bond donors (Lipinski definition) is 1. The fourth-order valence-electron chi connectivity index (χ4n) is 5.47. The molecule has 5 heterocycles. The molecule has 0 saturated carbocycles. The second kappa shape index (κ2) is 9.34. The fraction of sp³-hybridized carbons (Fsp3) is 0.583. The molecule has 0 aliphatic carbocycles. The molecule has 2 fully saturated rings. The van der Waals surface area contributed by atoms with E-state index in [-0.39, 0.29) is 16.6 Å². The first-order chi connectivity index (χ1) is 16.4. The average Bonchev–Trinajstić information content (AvgIpc) is 3.24. The second-order valence-corrected chi connectivity index (χ2v) is 9.64. The van der Waals surface area contributed by atoms with Gasteiger partial charge in [-0.2, -0.15) is 4.98 Å². The molecule has 10 heteroatoms. The van der Waals surface area contributed by atoms with Crippen LogP contribution in [0.4, 0.5) is 17.6 Å².